The summed E-state index contributed by atoms with van der Waals surface area (Å²) in [7, 11) is 0. The van der Waals surface area contributed by atoms with Crippen LogP contribution in [-0.2, 0) is 22.6 Å². The Morgan fingerprint density at radius 3 is 2.48 bits per heavy atom. The molecule has 0 saturated carbocycles. The molecule has 0 spiro atoms. The van der Waals surface area contributed by atoms with Gasteiger partial charge in [0.25, 0.3) is 5.91 Å². The van der Waals surface area contributed by atoms with Crippen LogP contribution >= 0.6 is 0 Å². The number of amides is 2. The van der Waals surface area contributed by atoms with Crippen molar-refractivity contribution in [3.05, 3.63) is 65.2 Å². The van der Waals surface area contributed by atoms with Crippen molar-refractivity contribution in [1.29, 1.82) is 0 Å². The lowest BCUT2D eigenvalue weighted by molar-refractivity contribution is -0.123. The molecule has 2 aliphatic rings. The van der Waals surface area contributed by atoms with E-state index in [1.165, 1.54) is 11.6 Å². The van der Waals surface area contributed by atoms with E-state index in [0.717, 1.165) is 29.0 Å². The van der Waals surface area contributed by atoms with Crippen LogP contribution in [0.4, 0.5) is 14.5 Å². The number of hydrogen-bond acceptors (Lipinski definition) is 3. The summed E-state index contributed by atoms with van der Waals surface area (Å²) in [5.41, 5.74) is 2.49. The molecule has 1 fully saturated rings. The fraction of sp³-hybridized carbons (Fsp3) is 0.263. The summed E-state index contributed by atoms with van der Waals surface area (Å²) in [4.78, 5) is 28.1. The van der Waals surface area contributed by atoms with Gasteiger partial charge in [-0.3, -0.25) is 14.5 Å². The predicted octanol–water partition coefficient (Wildman–Crippen LogP) is 2.66. The van der Waals surface area contributed by atoms with Crippen molar-refractivity contribution >= 4 is 17.5 Å². The molecule has 2 heterocycles. The van der Waals surface area contributed by atoms with Crippen LogP contribution in [0.1, 0.15) is 17.5 Å². The number of carbonyl (C=O) groups is 2. The summed E-state index contributed by atoms with van der Waals surface area (Å²) in [5.74, 6) is -2.85. The zero-order valence-electron chi connectivity index (χ0n) is 13.4. The molecular weight excluding hydrogens is 326 g/mol. The molecule has 0 aliphatic carbocycles. The van der Waals surface area contributed by atoms with Gasteiger partial charge in [0.05, 0.1) is 18.2 Å². The summed E-state index contributed by atoms with van der Waals surface area (Å²) in [6.07, 6.45) is 0.874. The Bertz CT molecular complexity index is 868. The molecule has 2 aromatic carbocycles. The average Bonchev–Trinajstić information content (AvgIpc) is 2.91. The Labute approximate surface area is 143 Å². The zero-order valence-corrected chi connectivity index (χ0v) is 13.4. The third kappa shape index (κ3) is 2.72. The van der Waals surface area contributed by atoms with Crippen LogP contribution in [-0.4, -0.2) is 29.3 Å². The minimum atomic E-state index is -1.08. The van der Waals surface area contributed by atoms with Crippen molar-refractivity contribution in [3.63, 3.8) is 0 Å². The maximum atomic E-state index is 13.5. The van der Waals surface area contributed by atoms with Crippen molar-refractivity contribution in [2.75, 3.05) is 11.4 Å². The van der Waals surface area contributed by atoms with E-state index < -0.39 is 17.7 Å². The van der Waals surface area contributed by atoms with Gasteiger partial charge in [0.2, 0.25) is 5.91 Å². The standard InChI is InChI=1S/C19H16F2N2O2/c20-15-6-5-14(9-16(15)21)23-18(24)10-17(19(23)25)22-8-7-12-3-1-2-4-13(12)11-22/h1-6,9,17H,7-8,10-11H2. The molecule has 2 aromatic rings. The van der Waals surface area contributed by atoms with E-state index in [1.54, 1.807) is 0 Å². The number of hydrogen-bond donors (Lipinski definition) is 0. The zero-order chi connectivity index (χ0) is 17.6. The second kappa shape index (κ2) is 6.04. The number of anilines is 1. The molecule has 2 aliphatic heterocycles. The number of nitrogens with zero attached hydrogens (tertiary/aromatic N) is 2. The van der Waals surface area contributed by atoms with E-state index in [4.69, 9.17) is 0 Å². The largest absolute Gasteiger partial charge is 0.287 e. The first-order valence-electron chi connectivity index (χ1n) is 8.17. The minimum absolute atomic E-state index is 0.0556. The maximum Gasteiger partial charge on any atom is 0.251 e. The topological polar surface area (TPSA) is 40.6 Å². The van der Waals surface area contributed by atoms with Gasteiger partial charge in [-0.25, -0.2) is 13.7 Å². The highest BCUT2D eigenvalue weighted by atomic mass is 19.2. The summed E-state index contributed by atoms with van der Waals surface area (Å²) < 4.78 is 26.6. The second-order valence-corrected chi connectivity index (χ2v) is 6.37. The lowest BCUT2D eigenvalue weighted by atomic mass is 9.98. The van der Waals surface area contributed by atoms with Crippen LogP contribution < -0.4 is 4.90 Å². The first kappa shape index (κ1) is 15.9. The van der Waals surface area contributed by atoms with Crippen LogP contribution in [0.2, 0.25) is 0 Å². The number of halogens is 2. The van der Waals surface area contributed by atoms with E-state index in [9.17, 15) is 18.4 Å². The normalized spacial score (nSPS) is 20.9. The molecular formula is C19H16F2N2O2. The number of benzene rings is 2. The highest BCUT2D eigenvalue weighted by molar-refractivity contribution is 6.22. The molecule has 6 heteroatoms. The predicted molar refractivity (Wildman–Crippen MR) is 87.8 cm³/mol. The SMILES string of the molecule is O=C1CC(N2CCc3ccccc3C2)C(=O)N1c1ccc(F)c(F)c1. The van der Waals surface area contributed by atoms with E-state index in [2.05, 4.69) is 6.07 Å². The molecule has 4 rings (SSSR count). The van der Waals surface area contributed by atoms with E-state index in [-0.39, 0.29) is 23.9 Å². The Morgan fingerprint density at radius 1 is 0.960 bits per heavy atom. The van der Waals surface area contributed by atoms with E-state index in [1.807, 2.05) is 23.1 Å². The molecule has 128 valence electrons. The number of carbonyl (C=O) groups excluding carboxylic acids is 2. The summed E-state index contributed by atoms with van der Waals surface area (Å²) in [6.45, 7) is 1.29. The van der Waals surface area contributed by atoms with Crippen molar-refractivity contribution < 1.29 is 18.4 Å². The third-order valence-electron chi connectivity index (χ3n) is 4.89. The number of rotatable bonds is 2. The molecule has 25 heavy (non-hydrogen) atoms. The average molecular weight is 342 g/mol. The first-order chi connectivity index (χ1) is 12.0. The Kier molecular flexibility index (Phi) is 3.84. The highest BCUT2D eigenvalue weighted by Gasteiger charge is 2.43. The fourth-order valence-electron chi connectivity index (χ4n) is 3.58. The van der Waals surface area contributed by atoms with Crippen LogP contribution in [0.3, 0.4) is 0 Å². The van der Waals surface area contributed by atoms with Gasteiger partial charge in [-0.2, -0.15) is 0 Å². The Hall–Kier alpha value is -2.60. The summed E-state index contributed by atoms with van der Waals surface area (Å²) >= 11 is 0. The highest BCUT2D eigenvalue weighted by Crippen LogP contribution is 2.29. The van der Waals surface area contributed by atoms with Gasteiger partial charge in [0.15, 0.2) is 11.6 Å². The van der Waals surface area contributed by atoms with Crippen LogP contribution in [0.5, 0.6) is 0 Å². The molecule has 1 unspecified atom stereocenters. The molecule has 0 bridgehead atoms. The molecule has 1 saturated heterocycles. The van der Waals surface area contributed by atoms with Crippen LogP contribution in [0.15, 0.2) is 42.5 Å². The monoisotopic (exact) mass is 342 g/mol. The van der Waals surface area contributed by atoms with Gasteiger partial charge in [-0.1, -0.05) is 24.3 Å². The number of imide groups is 1. The molecule has 0 N–H and O–H groups in total. The summed E-state index contributed by atoms with van der Waals surface area (Å²) in [6, 6.07) is 10.5. The molecule has 0 radical (unpaired) electrons. The van der Waals surface area contributed by atoms with Gasteiger partial charge in [-0.05, 0) is 29.7 Å². The molecule has 2 amide bonds. The molecule has 0 aromatic heterocycles. The first-order valence-corrected chi connectivity index (χ1v) is 8.17. The summed E-state index contributed by atoms with van der Waals surface area (Å²) in [5, 5.41) is 0. The van der Waals surface area contributed by atoms with Crippen molar-refractivity contribution in [2.45, 2.75) is 25.4 Å². The number of fused-ring (bicyclic) bond motifs is 1. The third-order valence-corrected chi connectivity index (χ3v) is 4.89. The van der Waals surface area contributed by atoms with Crippen LogP contribution in [0, 0.1) is 11.6 Å². The van der Waals surface area contributed by atoms with Gasteiger partial charge in [-0.15, -0.1) is 0 Å². The molecule has 1 atom stereocenters. The maximum absolute atomic E-state index is 13.5. The van der Waals surface area contributed by atoms with Crippen LogP contribution in [0.25, 0.3) is 0 Å². The van der Waals surface area contributed by atoms with Gasteiger partial charge < -0.3 is 0 Å². The quantitative estimate of drug-likeness (QED) is 0.788. The lowest BCUT2D eigenvalue weighted by Gasteiger charge is -2.32. The van der Waals surface area contributed by atoms with E-state index >= 15 is 0 Å². The van der Waals surface area contributed by atoms with Gasteiger partial charge in [0, 0.05) is 19.2 Å². The van der Waals surface area contributed by atoms with Crippen molar-refractivity contribution in [1.82, 2.24) is 4.90 Å². The molecule has 4 nitrogen and oxygen atoms in total. The Morgan fingerprint density at radius 2 is 1.72 bits per heavy atom. The second-order valence-electron chi connectivity index (χ2n) is 6.37. The van der Waals surface area contributed by atoms with E-state index in [0.29, 0.717) is 13.1 Å². The van der Waals surface area contributed by atoms with Gasteiger partial charge >= 0.3 is 0 Å². The Balaban J connectivity index is 1.58. The fourth-order valence-corrected chi connectivity index (χ4v) is 3.58. The minimum Gasteiger partial charge on any atom is -0.287 e. The lowest BCUT2D eigenvalue weighted by Crippen LogP contribution is -2.44. The smallest absolute Gasteiger partial charge is 0.251 e. The van der Waals surface area contributed by atoms with Gasteiger partial charge in [0.1, 0.15) is 0 Å². The van der Waals surface area contributed by atoms with Crippen molar-refractivity contribution in [3.8, 4) is 0 Å². The van der Waals surface area contributed by atoms with Crippen molar-refractivity contribution in [2.24, 2.45) is 0 Å².